The fourth-order valence-electron chi connectivity index (χ4n) is 1.32. The smallest absolute Gasteiger partial charge is 0.203 e. The summed E-state index contributed by atoms with van der Waals surface area (Å²) in [6.07, 6.45) is 0. The zero-order valence-electron chi connectivity index (χ0n) is 8.45. The summed E-state index contributed by atoms with van der Waals surface area (Å²) in [4.78, 5) is 10.3. The molecule has 0 aliphatic carbocycles. The number of rotatable bonds is 4. The third-order valence-corrected chi connectivity index (χ3v) is 2.08. The SMILES string of the molecule is C=C(N=O)c1nnnn1Cc1ccccc1. The minimum atomic E-state index is 0.0286. The van der Waals surface area contributed by atoms with E-state index in [1.165, 1.54) is 4.68 Å². The summed E-state index contributed by atoms with van der Waals surface area (Å²) in [5, 5.41) is 13.7. The summed E-state index contributed by atoms with van der Waals surface area (Å²) >= 11 is 0. The van der Waals surface area contributed by atoms with Crippen LogP contribution in [0, 0.1) is 4.91 Å². The normalized spacial score (nSPS) is 10.0. The molecule has 16 heavy (non-hydrogen) atoms. The number of aromatic nitrogens is 4. The van der Waals surface area contributed by atoms with Crippen LogP contribution in [-0.4, -0.2) is 20.2 Å². The molecule has 0 N–H and O–H groups in total. The van der Waals surface area contributed by atoms with E-state index in [1.807, 2.05) is 30.3 Å². The van der Waals surface area contributed by atoms with Crippen LogP contribution in [0.3, 0.4) is 0 Å². The van der Waals surface area contributed by atoms with Crippen LogP contribution in [0.15, 0.2) is 42.1 Å². The summed E-state index contributed by atoms with van der Waals surface area (Å²) in [6, 6.07) is 9.67. The average molecular weight is 215 g/mol. The largest absolute Gasteiger partial charge is 0.220 e. The highest BCUT2D eigenvalue weighted by Crippen LogP contribution is 2.10. The highest BCUT2D eigenvalue weighted by atomic mass is 16.3. The Balaban J connectivity index is 2.26. The van der Waals surface area contributed by atoms with E-state index in [0.29, 0.717) is 12.4 Å². The second kappa shape index (κ2) is 4.43. The number of hydrogen-bond donors (Lipinski definition) is 0. The first-order valence-corrected chi connectivity index (χ1v) is 4.64. The Kier molecular flexibility index (Phi) is 2.81. The molecule has 0 spiro atoms. The van der Waals surface area contributed by atoms with Gasteiger partial charge < -0.3 is 0 Å². The molecular formula is C10H9N5O. The molecule has 1 aromatic carbocycles. The molecule has 6 heteroatoms. The fraction of sp³-hybridized carbons (Fsp3) is 0.100. The standard InChI is InChI=1S/C10H9N5O/c1-8(12-16)10-11-13-14-15(10)7-9-5-3-2-4-6-9/h2-6H,1,7H2. The second-order valence-corrected chi connectivity index (χ2v) is 3.18. The fourth-order valence-corrected chi connectivity index (χ4v) is 1.32. The first-order valence-electron chi connectivity index (χ1n) is 4.64. The van der Waals surface area contributed by atoms with Gasteiger partial charge in [-0.2, -0.15) is 0 Å². The lowest BCUT2D eigenvalue weighted by Gasteiger charge is -2.02. The molecular weight excluding hydrogens is 206 g/mol. The first-order chi connectivity index (χ1) is 7.81. The van der Waals surface area contributed by atoms with Crippen molar-refractivity contribution in [3.63, 3.8) is 0 Å². The summed E-state index contributed by atoms with van der Waals surface area (Å²) in [5.74, 6) is 0.291. The Morgan fingerprint density at radius 1 is 1.38 bits per heavy atom. The zero-order valence-corrected chi connectivity index (χ0v) is 8.45. The molecule has 0 aliphatic heterocycles. The number of benzene rings is 1. The van der Waals surface area contributed by atoms with Gasteiger partial charge in [0.05, 0.1) is 6.54 Å². The van der Waals surface area contributed by atoms with Gasteiger partial charge in [0.15, 0.2) is 0 Å². The molecule has 1 aromatic heterocycles. The molecule has 0 bridgehead atoms. The van der Waals surface area contributed by atoms with Crippen molar-refractivity contribution in [2.24, 2.45) is 5.18 Å². The van der Waals surface area contributed by atoms with Gasteiger partial charge in [-0.3, -0.25) is 0 Å². The second-order valence-electron chi connectivity index (χ2n) is 3.18. The molecule has 80 valence electrons. The minimum absolute atomic E-state index is 0.0286. The van der Waals surface area contributed by atoms with Crippen LogP contribution in [0.1, 0.15) is 11.4 Å². The third kappa shape index (κ3) is 2.00. The third-order valence-electron chi connectivity index (χ3n) is 2.08. The number of tetrazole rings is 1. The van der Waals surface area contributed by atoms with Crippen molar-refractivity contribution in [1.82, 2.24) is 20.2 Å². The lowest BCUT2D eigenvalue weighted by molar-refractivity contribution is 0.642. The summed E-state index contributed by atoms with van der Waals surface area (Å²) in [7, 11) is 0. The Labute approximate surface area is 91.6 Å². The van der Waals surface area contributed by atoms with Crippen LogP contribution in [0.5, 0.6) is 0 Å². The van der Waals surface area contributed by atoms with E-state index in [1.54, 1.807) is 0 Å². The van der Waals surface area contributed by atoms with Gasteiger partial charge >= 0.3 is 0 Å². The monoisotopic (exact) mass is 215 g/mol. The maximum Gasteiger partial charge on any atom is 0.203 e. The van der Waals surface area contributed by atoms with Crippen LogP contribution in [-0.2, 0) is 6.54 Å². The molecule has 0 amide bonds. The zero-order chi connectivity index (χ0) is 11.4. The van der Waals surface area contributed by atoms with Crippen molar-refractivity contribution in [1.29, 1.82) is 0 Å². The molecule has 2 aromatic rings. The van der Waals surface area contributed by atoms with E-state index in [0.717, 1.165) is 5.56 Å². The maximum absolute atomic E-state index is 10.3. The van der Waals surface area contributed by atoms with Gasteiger partial charge in [0.1, 0.15) is 5.70 Å². The highest BCUT2D eigenvalue weighted by molar-refractivity contribution is 5.54. The summed E-state index contributed by atoms with van der Waals surface area (Å²) < 4.78 is 1.49. The van der Waals surface area contributed by atoms with E-state index >= 15 is 0 Å². The van der Waals surface area contributed by atoms with Crippen LogP contribution in [0.4, 0.5) is 0 Å². The van der Waals surface area contributed by atoms with Gasteiger partial charge in [-0.15, -0.1) is 10.0 Å². The minimum Gasteiger partial charge on any atom is -0.220 e. The van der Waals surface area contributed by atoms with E-state index in [-0.39, 0.29) is 5.70 Å². The molecule has 0 aliphatic rings. The quantitative estimate of drug-likeness (QED) is 0.723. The Bertz CT molecular complexity index is 505. The number of hydrogen-bond acceptors (Lipinski definition) is 5. The van der Waals surface area contributed by atoms with Crippen LogP contribution < -0.4 is 0 Å². The van der Waals surface area contributed by atoms with Crippen molar-refractivity contribution >= 4 is 5.70 Å². The average Bonchev–Trinajstić information content (AvgIpc) is 2.77. The summed E-state index contributed by atoms with van der Waals surface area (Å²) in [5.41, 5.74) is 1.07. The van der Waals surface area contributed by atoms with Crippen molar-refractivity contribution < 1.29 is 0 Å². The Morgan fingerprint density at radius 2 is 2.12 bits per heavy atom. The van der Waals surface area contributed by atoms with Crippen molar-refractivity contribution in [3.05, 3.63) is 53.2 Å². The van der Waals surface area contributed by atoms with Crippen LogP contribution >= 0.6 is 0 Å². The van der Waals surface area contributed by atoms with Gasteiger partial charge in [-0.25, -0.2) is 4.68 Å². The lowest BCUT2D eigenvalue weighted by Crippen LogP contribution is -2.05. The molecule has 2 rings (SSSR count). The summed E-state index contributed by atoms with van der Waals surface area (Å²) in [6.45, 7) is 3.96. The molecule has 1 heterocycles. The molecule has 0 saturated heterocycles. The topological polar surface area (TPSA) is 73.0 Å². The molecule has 6 nitrogen and oxygen atoms in total. The van der Waals surface area contributed by atoms with Gasteiger partial charge in [0.25, 0.3) is 0 Å². The van der Waals surface area contributed by atoms with Crippen molar-refractivity contribution in [2.45, 2.75) is 6.54 Å². The van der Waals surface area contributed by atoms with Crippen molar-refractivity contribution in [3.8, 4) is 0 Å². The molecule has 0 saturated carbocycles. The molecule has 0 fully saturated rings. The van der Waals surface area contributed by atoms with Crippen LogP contribution in [0.25, 0.3) is 5.70 Å². The predicted octanol–water partition coefficient (Wildman–Crippen LogP) is 1.46. The Hall–Kier alpha value is -2.37. The van der Waals surface area contributed by atoms with E-state index in [4.69, 9.17) is 0 Å². The van der Waals surface area contributed by atoms with Crippen molar-refractivity contribution in [2.75, 3.05) is 0 Å². The van der Waals surface area contributed by atoms with Gasteiger partial charge in [-0.05, 0) is 21.2 Å². The molecule has 0 unspecified atom stereocenters. The van der Waals surface area contributed by atoms with Crippen LogP contribution in [0.2, 0.25) is 0 Å². The first kappa shape index (κ1) is 10.2. The number of nitrogens with zero attached hydrogens (tertiary/aromatic N) is 5. The molecule has 0 atom stereocenters. The molecule has 0 radical (unpaired) electrons. The van der Waals surface area contributed by atoms with E-state index in [2.05, 4.69) is 27.3 Å². The maximum atomic E-state index is 10.3. The highest BCUT2D eigenvalue weighted by Gasteiger charge is 2.10. The van der Waals surface area contributed by atoms with E-state index in [9.17, 15) is 4.91 Å². The number of nitroso groups, excluding NO2 is 1. The lowest BCUT2D eigenvalue weighted by atomic mass is 10.2. The van der Waals surface area contributed by atoms with Gasteiger partial charge in [0.2, 0.25) is 5.82 Å². The Morgan fingerprint density at radius 3 is 2.81 bits per heavy atom. The van der Waals surface area contributed by atoms with Gasteiger partial charge in [-0.1, -0.05) is 36.9 Å². The van der Waals surface area contributed by atoms with Gasteiger partial charge in [0, 0.05) is 0 Å². The van der Waals surface area contributed by atoms with E-state index < -0.39 is 0 Å². The predicted molar refractivity (Wildman–Crippen MR) is 58.2 cm³/mol.